The van der Waals surface area contributed by atoms with Crippen molar-refractivity contribution in [3.8, 4) is 0 Å². The predicted octanol–water partition coefficient (Wildman–Crippen LogP) is -0.209. The number of hydrogen-bond donors (Lipinski definition) is 2. The van der Waals surface area contributed by atoms with Gasteiger partial charge in [0.2, 0.25) is 0 Å². The number of H-pyrrole nitrogens is 1. The van der Waals surface area contributed by atoms with Crippen LogP contribution in [0.15, 0.2) is 21.9 Å². The first-order valence-corrected chi connectivity index (χ1v) is 5.64. The first-order valence-electron chi connectivity index (χ1n) is 5.64. The second kappa shape index (κ2) is 4.33. The van der Waals surface area contributed by atoms with Crippen molar-refractivity contribution in [2.75, 3.05) is 6.61 Å². The van der Waals surface area contributed by atoms with Crippen LogP contribution in [0.25, 0.3) is 0 Å². The van der Waals surface area contributed by atoms with E-state index in [-0.39, 0.29) is 6.61 Å². The fourth-order valence-corrected chi connectivity index (χ4v) is 2.16. The Hall–Kier alpha value is -1.47. The molecule has 4 unspecified atom stereocenters. The first kappa shape index (κ1) is 13.0. The highest BCUT2D eigenvalue weighted by atomic mass is 19.1. The summed E-state index contributed by atoms with van der Waals surface area (Å²) >= 11 is 0. The molecule has 100 valence electrons. The number of aromatic nitrogens is 2. The van der Waals surface area contributed by atoms with Crippen LogP contribution in [0.2, 0.25) is 0 Å². The molecule has 1 aromatic rings. The van der Waals surface area contributed by atoms with Gasteiger partial charge in [0.15, 0.2) is 11.9 Å². The summed E-state index contributed by atoms with van der Waals surface area (Å²) in [6, 6.07) is 1.12. The van der Waals surface area contributed by atoms with Crippen molar-refractivity contribution >= 4 is 0 Å². The third-order valence-corrected chi connectivity index (χ3v) is 3.52. The van der Waals surface area contributed by atoms with E-state index in [4.69, 9.17) is 9.84 Å². The zero-order valence-corrected chi connectivity index (χ0v) is 10.1. The monoisotopic (exact) mass is 258 g/mol. The molecule has 0 bridgehead atoms. The summed E-state index contributed by atoms with van der Waals surface area (Å²) in [4.78, 5) is 24.6. The van der Waals surface area contributed by atoms with E-state index in [9.17, 15) is 14.0 Å². The largest absolute Gasteiger partial charge is 0.394 e. The van der Waals surface area contributed by atoms with Crippen LogP contribution in [0.4, 0.5) is 4.39 Å². The molecule has 0 aromatic carbocycles. The molecule has 4 atom stereocenters. The van der Waals surface area contributed by atoms with E-state index in [1.165, 1.54) is 13.1 Å². The molecule has 2 N–H and O–H groups in total. The smallest absolute Gasteiger partial charge is 0.330 e. The van der Waals surface area contributed by atoms with Gasteiger partial charge in [-0.15, -0.1) is 0 Å². The standard InChI is InChI=1S/C11H15FN2O4/c1-6-7(5-15)18-9(11(6,2)12)14-4-3-8(16)13-10(14)17/h3-4,6-7,9,15H,5H2,1-2H3,(H,13,16,17). The maximum Gasteiger partial charge on any atom is 0.330 e. The Morgan fingerprint density at radius 2 is 2.28 bits per heavy atom. The highest BCUT2D eigenvalue weighted by molar-refractivity contribution is 4.99. The van der Waals surface area contributed by atoms with Crippen LogP contribution < -0.4 is 11.2 Å². The second-order valence-electron chi connectivity index (χ2n) is 4.67. The Bertz CT molecular complexity index is 550. The summed E-state index contributed by atoms with van der Waals surface area (Å²) < 4.78 is 20.9. The maximum absolute atomic E-state index is 14.6. The average Bonchev–Trinajstić information content (AvgIpc) is 2.52. The van der Waals surface area contributed by atoms with E-state index >= 15 is 0 Å². The van der Waals surface area contributed by atoms with Gasteiger partial charge in [-0.3, -0.25) is 14.3 Å². The quantitative estimate of drug-likeness (QED) is 0.768. The van der Waals surface area contributed by atoms with Gasteiger partial charge in [0, 0.05) is 18.2 Å². The van der Waals surface area contributed by atoms with Gasteiger partial charge < -0.3 is 9.84 Å². The van der Waals surface area contributed by atoms with E-state index in [0.29, 0.717) is 0 Å². The minimum absolute atomic E-state index is 0.324. The molecule has 7 heteroatoms. The van der Waals surface area contributed by atoms with Gasteiger partial charge in [-0.1, -0.05) is 6.92 Å². The molecular weight excluding hydrogens is 243 g/mol. The predicted molar refractivity (Wildman–Crippen MR) is 61.0 cm³/mol. The molecule has 6 nitrogen and oxygen atoms in total. The zero-order valence-electron chi connectivity index (χ0n) is 10.1. The van der Waals surface area contributed by atoms with E-state index < -0.39 is 35.2 Å². The van der Waals surface area contributed by atoms with Gasteiger partial charge in [0.25, 0.3) is 5.56 Å². The third-order valence-electron chi connectivity index (χ3n) is 3.52. The van der Waals surface area contributed by atoms with Crippen LogP contribution in [-0.4, -0.2) is 33.0 Å². The molecule has 0 spiro atoms. The molecule has 1 aromatic heterocycles. The number of aromatic amines is 1. The van der Waals surface area contributed by atoms with Gasteiger partial charge in [0.05, 0.1) is 12.7 Å². The van der Waals surface area contributed by atoms with Crippen LogP contribution in [0.1, 0.15) is 20.1 Å². The van der Waals surface area contributed by atoms with Gasteiger partial charge in [-0.25, -0.2) is 9.18 Å². The lowest BCUT2D eigenvalue weighted by Crippen LogP contribution is -2.40. The molecule has 1 fully saturated rings. The van der Waals surface area contributed by atoms with E-state index in [0.717, 1.165) is 10.6 Å². The van der Waals surface area contributed by atoms with Crippen molar-refractivity contribution < 1.29 is 14.2 Å². The lowest BCUT2D eigenvalue weighted by molar-refractivity contribution is -0.0611. The normalized spacial score (nSPS) is 35.9. The molecule has 0 aliphatic carbocycles. The Morgan fingerprint density at radius 3 is 2.78 bits per heavy atom. The SMILES string of the molecule is CC1C(CO)OC(n2ccc(=O)[nH]c2=O)C1(C)F. The van der Waals surface area contributed by atoms with Crippen molar-refractivity contribution in [3.63, 3.8) is 0 Å². The number of alkyl halides is 1. The number of halogens is 1. The Balaban J connectivity index is 2.45. The number of aliphatic hydroxyl groups excluding tert-OH is 1. The summed E-state index contributed by atoms with van der Waals surface area (Å²) in [6.07, 6.45) is -0.645. The van der Waals surface area contributed by atoms with Crippen molar-refractivity contribution in [1.82, 2.24) is 9.55 Å². The molecule has 1 saturated heterocycles. The minimum Gasteiger partial charge on any atom is -0.394 e. The lowest BCUT2D eigenvalue weighted by Gasteiger charge is -2.25. The number of nitrogens with zero attached hydrogens (tertiary/aromatic N) is 1. The van der Waals surface area contributed by atoms with Crippen molar-refractivity contribution in [3.05, 3.63) is 33.1 Å². The summed E-state index contributed by atoms with van der Waals surface area (Å²) in [7, 11) is 0. The van der Waals surface area contributed by atoms with E-state index in [1.807, 2.05) is 4.98 Å². The fraction of sp³-hybridized carbons (Fsp3) is 0.636. The molecular formula is C11H15FN2O4. The highest BCUT2D eigenvalue weighted by Gasteiger charge is 2.53. The van der Waals surface area contributed by atoms with Crippen LogP contribution in [0, 0.1) is 5.92 Å². The molecule has 0 radical (unpaired) electrons. The molecule has 18 heavy (non-hydrogen) atoms. The number of hydrogen-bond acceptors (Lipinski definition) is 4. The minimum atomic E-state index is -1.81. The Kier molecular flexibility index (Phi) is 3.12. The van der Waals surface area contributed by atoms with Gasteiger partial charge >= 0.3 is 5.69 Å². The highest BCUT2D eigenvalue weighted by Crippen LogP contribution is 2.44. The third kappa shape index (κ3) is 1.89. The summed E-state index contributed by atoms with van der Waals surface area (Å²) in [5.41, 5.74) is -3.10. The average molecular weight is 258 g/mol. The molecule has 2 rings (SSSR count). The number of ether oxygens (including phenoxy) is 1. The van der Waals surface area contributed by atoms with Gasteiger partial charge in [-0.05, 0) is 6.92 Å². The Morgan fingerprint density at radius 1 is 1.61 bits per heavy atom. The van der Waals surface area contributed by atoms with E-state index in [2.05, 4.69) is 0 Å². The van der Waals surface area contributed by atoms with Crippen molar-refractivity contribution in [1.29, 1.82) is 0 Å². The summed E-state index contributed by atoms with van der Waals surface area (Å²) in [5.74, 6) is -0.564. The van der Waals surface area contributed by atoms with E-state index in [1.54, 1.807) is 6.92 Å². The molecule has 0 saturated carbocycles. The summed E-state index contributed by atoms with van der Waals surface area (Å²) in [6.45, 7) is 2.60. The molecule has 1 aliphatic heterocycles. The van der Waals surface area contributed by atoms with Crippen molar-refractivity contribution in [2.24, 2.45) is 5.92 Å². The summed E-state index contributed by atoms with van der Waals surface area (Å²) in [5, 5.41) is 9.11. The molecule has 2 heterocycles. The first-order chi connectivity index (χ1) is 8.37. The Labute approximate surface area is 102 Å². The van der Waals surface area contributed by atoms with Crippen LogP contribution in [0.3, 0.4) is 0 Å². The number of aliphatic hydroxyl groups is 1. The van der Waals surface area contributed by atoms with Crippen LogP contribution in [-0.2, 0) is 4.74 Å². The van der Waals surface area contributed by atoms with Crippen LogP contribution in [0.5, 0.6) is 0 Å². The number of rotatable bonds is 2. The number of nitrogens with one attached hydrogen (secondary N) is 1. The fourth-order valence-electron chi connectivity index (χ4n) is 2.16. The van der Waals surface area contributed by atoms with Crippen LogP contribution >= 0.6 is 0 Å². The second-order valence-corrected chi connectivity index (χ2v) is 4.67. The van der Waals surface area contributed by atoms with Crippen molar-refractivity contribution in [2.45, 2.75) is 31.8 Å². The lowest BCUT2D eigenvalue weighted by atomic mass is 9.90. The van der Waals surface area contributed by atoms with Gasteiger partial charge in [0.1, 0.15) is 0 Å². The molecule has 0 amide bonds. The maximum atomic E-state index is 14.6. The topological polar surface area (TPSA) is 84.3 Å². The molecule has 1 aliphatic rings. The van der Waals surface area contributed by atoms with Gasteiger partial charge in [-0.2, -0.15) is 0 Å². The zero-order chi connectivity index (χ0) is 13.5.